The molecule has 0 aliphatic heterocycles. The maximum atomic E-state index is 5.82. The summed E-state index contributed by atoms with van der Waals surface area (Å²) in [5, 5.41) is 0. The summed E-state index contributed by atoms with van der Waals surface area (Å²) < 4.78 is 1.95. The number of aryl methyl sites for hydroxylation is 1. The fraction of sp³-hybridized carbons (Fsp3) is 0.0909. The maximum absolute atomic E-state index is 5.82. The number of nitrogen functional groups attached to an aromatic ring is 1. The Morgan fingerprint density at radius 2 is 1.81 bits per heavy atom. The average molecular weight is 390 g/mol. The van der Waals surface area contributed by atoms with E-state index in [0.29, 0.717) is 11.6 Å². The van der Waals surface area contributed by atoms with Crippen LogP contribution in [0.5, 0.6) is 0 Å². The van der Waals surface area contributed by atoms with E-state index < -0.39 is 0 Å². The van der Waals surface area contributed by atoms with Crippen molar-refractivity contribution in [3.05, 3.63) is 38.0 Å². The predicted molar refractivity (Wildman–Crippen MR) is 77.0 cm³/mol. The van der Waals surface area contributed by atoms with Gasteiger partial charge in [-0.05, 0) is 41.6 Å². The first-order valence-electron chi connectivity index (χ1n) is 4.63. The first kappa shape index (κ1) is 11.8. The summed E-state index contributed by atoms with van der Waals surface area (Å²) >= 11 is 5.54. The van der Waals surface area contributed by atoms with Crippen LogP contribution in [0.1, 0.15) is 5.69 Å². The van der Waals surface area contributed by atoms with Crippen molar-refractivity contribution in [2.45, 2.75) is 6.92 Å². The zero-order valence-electron chi connectivity index (χ0n) is 8.54. The van der Waals surface area contributed by atoms with Gasteiger partial charge in [0, 0.05) is 10.0 Å². The van der Waals surface area contributed by atoms with Crippen molar-refractivity contribution in [3.63, 3.8) is 0 Å². The zero-order valence-corrected chi connectivity index (χ0v) is 12.3. The van der Waals surface area contributed by atoms with E-state index in [2.05, 4.69) is 48.5 Å². The lowest BCUT2D eigenvalue weighted by Gasteiger charge is -2.05. The number of hydrogen-bond donors (Lipinski definition) is 1. The molecular weight excluding hydrogens is 381 g/mol. The standard InChI is InChI=1S/C11H9BrIN3/c1-6-9(13)10(14)16-11(15-6)7-2-4-8(12)5-3-7/h2-5H,1H3,(H2,14,15,16). The molecule has 2 aromatic rings. The van der Waals surface area contributed by atoms with E-state index in [1.165, 1.54) is 0 Å². The van der Waals surface area contributed by atoms with Crippen LogP contribution in [0.3, 0.4) is 0 Å². The second-order valence-corrected chi connectivity index (χ2v) is 5.33. The molecule has 3 nitrogen and oxygen atoms in total. The van der Waals surface area contributed by atoms with Gasteiger partial charge >= 0.3 is 0 Å². The summed E-state index contributed by atoms with van der Waals surface area (Å²) in [5.74, 6) is 1.20. The fourth-order valence-electron chi connectivity index (χ4n) is 1.31. The number of anilines is 1. The normalized spacial score (nSPS) is 10.4. The molecule has 0 radical (unpaired) electrons. The van der Waals surface area contributed by atoms with Crippen LogP contribution in [0, 0.1) is 10.5 Å². The SMILES string of the molecule is Cc1nc(-c2ccc(Br)cc2)nc(N)c1I. The Kier molecular flexibility index (Phi) is 3.44. The molecule has 0 unspecified atom stereocenters. The lowest BCUT2D eigenvalue weighted by Crippen LogP contribution is -2.01. The van der Waals surface area contributed by atoms with Gasteiger partial charge in [-0.2, -0.15) is 0 Å². The molecule has 1 heterocycles. The highest BCUT2D eigenvalue weighted by Crippen LogP contribution is 2.22. The lowest BCUT2D eigenvalue weighted by atomic mass is 10.2. The first-order chi connectivity index (χ1) is 7.58. The first-order valence-corrected chi connectivity index (χ1v) is 6.50. The van der Waals surface area contributed by atoms with Crippen molar-refractivity contribution in [1.82, 2.24) is 9.97 Å². The highest BCUT2D eigenvalue weighted by molar-refractivity contribution is 14.1. The number of benzene rings is 1. The van der Waals surface area contributed by atoms with Gasteiger partial charge in [0.15, 0.2) is 5.82 Å². The van der Waals surface area contributed by atoms with Crippen molar-refractivity contribution in [2.75, 3.05) is 5.73 Å². The highest BCUT2D eigenvalue weighted by Gasteiger charge is 2.07. The molecule has 82 valence electrons. The quantitative estimate of drug-likeness (QED) is 0.760. The van der Waals surface area contributed by atoms with Crippen LogP contribution in [0.25, 0.3) is 11.4 Å². The van der Waals surface area contributed by atoms with Crippen LogP contribution >= 0.6 is 38.5 Å². The monoisotopic (exact) mass is 389 g/mol. The van der Waals surface area contributed by atoms with Crippen molar-refractivity contribution in [2.24, 2.45) is 0 Å². The third-order valence-corrected chi connectivity index (χ3v) is 4.01. The van der Waals surface area contributed by atoms with E-state index >= 15 is 0 Å². The van der Waals surface area contributed by atoms with Crippen LogP contribution in [-0.2, 0) is 0 Å². The van der Waals surface area contributed by atoms with Crippen molar-refractivity contribution < 1.29 is 0 Å². The molecule has 2 rings (SSSR count). The fourth-order valence-corrected chi connectivity index (χ4v) is 1.82. The maximum Gasteiger partial charge on any atom is 0.161 e. The van der Waals surface area contributed by atoms with Crippen molar-refractivity contribution >= 4 is 44.3 Å². The van der Waals surface area contributed by atoms with Crippen molar-refractivity contribution in [3.8, 4) is 11.4 Å². The Morgan fingerprint density at radius 1 is 1.19 bits per heavy atom. The van der Waals surface area contributed by atoms with Gasteiger partial charge in [0.05, 0.1) is 9.26 Å². The molecule has 0 atom stereocenters. The summed E-state index contributed by atoms with van der Waals surface area (Å²) in [6, 6.07) is 7.85. The highest BCUT2D eigenvalue weighted by atomic mass is 127. The predicted octanol–water partition coefficient (Wildman–Crippen LogP) is 3.40. The molecule has 2 N–H and O–H groups in total. The molecule has 0 aliphatic rings. The molecule has 16 heavy (non-hydrogen) atoms. The van der Waals surface area contributed by atoms with Gasteiger partial charge in [-0.1, -0.05) is 28.1 Å². The summed E-state index contributed by atoms with van der Waals surface area (Å²) in [6.07, 6.45) is 0. The van der Waals surface area contributed by atoms with Crippen molar-refractivity contribution in [1.29, 1.82) is 0 Å². The van der Waals surface area contributed by atoms with Gasteiger partial charge in [-0.3, -0.25) is 0 Å². The van der Waals surface area contributed by atoms with E-state index in [1.807, 2.05) is 31.2 Å². The molecule has 1 aromatic heterocycles. The Morgan fingerprint density at radius 3 is 2.38 bits per heavy atom. The number of rotatable bonds is 1. The molecule has 0 fully saturated rings. The number of aromatic nitrogens is 2. The van der Waals surface area contributed by atoms with Crippen LogP contribution in [0.4, 0.5) is 5.82 Å². The number of nitrogens with two attached hydrogens (primary N) is 1. The van der Waals surface area contributed by atoms with E-state index in [4.69, 9.17) is 5.73 Å². The molecule has 5 heteroatoms. The van der Waals surface area contributed by atoms with Crippen LogP contribution in [0.2, 0.25) is 0 Å². The molecule has 0 bridgehead atoms. The topological polar surface area (TPSA) is 51.8 Å². The molecule has 0 saturated carbocycles. The van der Waals surface area contributed by atoms with E-state index in [1.54, 1.807) is 0 Å². The van der Waals surface area contributed by atoms with Gasteiger partial charge in [0.1, 0.15) is 5.82 Å². The molecule has 0 aliphatic carbocycles. The Bertz CT molecular complexity index is 502. The largest absolute Gasteiger partial charge is 0.383 e. The van der Waals surface area contributed by atoms with E-state index in [9.17, 15) is 0 Å². The van der Waals surface area contributed by atoms with E-state index in [0.717, 1.165) is 19.3 Å². The number of nitrogens with zero attached hydrogens (tertiary/aromatic N) is 2. The summed E-state index contributed by atoms with van der Waals surface area (Å²) in [5.41, 5.74) is 7.70. The third-order valence-electron chi connectivity index (χ3n) is 2.14. The Labute approximate surface area is 116 Å². The lowest BCUT2D eigenvalue weighted by molar-refractivity contribution is 1.10. The summed E-state index contributed by atoms with van der Waals surface area (Å²) in [6.45, 7) is 1.93. The summed E-state index contributed by atoms with van der Waals surface area (Å²) in [4.78, 5) is 8.70. The second kappa shape index (κ2) is 4.67. The number of halogens is 2. The smallest absolute Gasteiger partial charge is 0.161 e. The Balaban J connectivity index is 2.52. The Hall–Kier alpha value is -0.690. The minimum absolute atomic E-state index is 0.533. The summed E-state index contributed by atoms with van der Waals surface area (Å²) in [7, 11) is 0. The molecule has 0 spiro atoms. The third kappa shape index (κ3) is 2.35. The molecular formula is C11H9BrIN3. The zero-order chi connectivity index (χ0) is 11.7. The van der Waals surface area contributed by atoms with Gasteiger partial charge in [-0.25, -0.2) is 9.97 Å². The number of hydrogen-bond acceptors (Lipinski definition) is 3. The molecule has 0 saturated heterocycles. The minimum Gasteiger partial charge on any atom is -0.383 e. The molecule has 1 aromatic carbocycles. The van der Waals surface area contributed by atoms with Gasteiger partial charge < -0.3 is 5.73 Å². The van der Waals surface area contributed by atoms with Gasteiger partial charge in [-0.15, -0.1) is 0 Å². The van der Waals surface area contributed by atoms with Gasteiger partial charge in [0.2, 0.25) is 0 Å². The van der Waals surface area contributed by atoms with Gasteiger partial charge in [0.25, 0.3) is 0 Å². The molecule has 0 amide bonds. The second-order valence-electron chi connectivity index (χ2n) is 3.34. The average Bonchev–Trinajstić information content (AvgIpc) is 2.26. The minimum atomic E-state index is 0.533. The van der Waals surface area contributed by atoms with Crippen LogP contribution in [0.15, 0.2) is 28.7 Å². The van der Waals surface area contributed by atoms with Crippen LogP contribution < -0.4 is 5.73 Å². The van der Waals surface area contributed by atoms with E-state index in [-0.39, 0.29) is 0 Å². The van der Waals surface area contributed by atoms with Crippen LogP contribution in [-0.4, -0.2) is 9.97 Å².